The van der Waals surface area contributed by atoms with Crippen LogP contribution in [0.1, 0.15) is 0 Å². The maximum absolute atomic E-state index is 6.01. The SMILES string of the molecule is Clc1ccc2cc(-c3ccccc3)c(Br)cc2c1. The smallest absolute Gasteiger partial charge is 0.0412 e. The standard InChI is InChI=1S/C16H10BrCl/c17-16-10-13-8-14(18)7-6-12(13)9-15(16)11-4-2-1-3-5-11/h1-10H. The Balaban J connectivity index is 2.25. The van der Waals surface area contributed by atoms with Gasteiger partial charge in [0.2, 0.25) is 0 Å². The highest BCUT2D eigenvalue weighted by molar-refractivity contribution is 9.10. The minimum Gasteiger partial charge on any atom is -0.0843 e. The second-order valence-corrected chi connectivity index (χ2v) is 5.48. The van der Waals surface area contributed by atoms with Crippen molar-refractivity contribution >= 4 is 38.3 Å². The molecule has 0 fully saturated rings. The van der Waals surface area contributed by atoms with Gasteiger partial charge >= 0.3 is 0 Å². The third-order valence-electron chi connectivity index (χ3n) is 2.97. The van der Waals surface area contributed by atoms with Crippen molar-refractivity contribution in [1.82, 2.24) is 0 Å². The van der Waals surface area contributed by atoms with Crippen LogP contribution in [0.5, 0.6) is 0 Å². The van der Waals surface area contributed by atoms with E-state index in [0.717, 1.165) is 14.9 Å². The molecule has 2 heteroatoms. The number of rotatable bonds is 1. The Bertz CT molecular complexity index is 705. The average molecular weight is 318 g/mol. The van der Waals surface area contributed by atoms with Crippen molar-refractivity contribution in [1.29, 1.82) is 0 Å². The van der Waals surface area contributed by atoms with Crippen LogP contribution in [0.2, 0.25) is 5.02 Å². The van der Waals surface area contributed by atoms with Gasteiger partial charge in [-0.1, -0.05) is 63.9 Å². The maximum Gasteiger partial charge on any atom is 0.0412 e. The zero-order valence-corrected chi connectivity index (χ0v) is 11.9. The normalized spacial score (nSPS) is 10.8. The van der Waals surface area contributed by atoms with Gasteiger partial charge in [-0.05, 0) is 46.2 Å². The van der Waals surface area contributed by atoms with E-state index in [9.17, 15) is 0 Å². The Morgan fingerprint density at radius 3 is 2.33 bits per heavy atom. The Hall–Kier alpha value is -1.31. The third-order valence-corrected chi connectivity index (χ3v) is 3.86. The van der Waals surface area contributed by atoms with E-state index in [4.69, 9.17) is 11.6 Å². The first kappa shape index (κ1) is 11.8. The van der Waals surface area contributed by atoms with E-state index in [2.05, 4.69) is 46.3 Å². The van der Waals surface area contributed by atoms with Crippen LogP contribution < -0.4 is 0 Å². The van der Waals surface area contributed by atoms with E-state index >= 15 is 0 Å². The van der Waals surface area contributed by atoms with Gasteiger partial charge in [0.15, 0.2) is 0 Å². The molecule has 3 rings (SSSR count). The largest absolute Gasteiger partial charge is 0.0843 e. The maximum atomic E-state index is 6.01. The molecule has 0 unspecified atom stereocenters. The van der Waals surface area contributed by atoms with E-state index in [0.29, 0.717) is 0 Å². The summed E-state index contributed by atoms with van der Waals surface area (Å²) < 4.78 is 1.09. The van der Waals surface area contributed by atoms with Crippen molar-refractivity contribution in [3.8, 4) is 11.1 Å². The van der Waals surface area contributed by atoms with Gasteiger partial charge in [-0.2, -0.15) is 0 Å². The monoisotopic (exact) mass is 316 g/mol. The molecule has 0 saturated carbocycles. The van der Waals surface area contributed by atoms with E-state index in [1.165, 1.54) is 16.5 Å². The first-order valence-corrected chi connectivity index (χ1v) is 6.85. The predicted octanol–water partition coefficient (Wildman–Crippen LogP) is 5.92. The molecule has 18 heavy (non-hydrogen) atoms. The third kappa shape index (κ3) is 2.16. The highest BCUT2D eigenvalue weighted by Gasteiger charge is 2.05. The molecular weight excluding hydrogens is 308 g/mol. The molecule has 0 aliphatic carbocycles. The fourth-order valence-electron chi connectivity index (χ4n) is 2.08. The Morgan fingerprint density at radius 1 is 0.778 bits per heavy atom. The molecule has 0 amide bonds. The molecule has 0 atom stereocenters. The molecule has 3 aromatic carbocycles. The van der Waals surface area contributed by atoms with Crippen molar-refractivity contribution in [3.63, 3.8) is 0 Å². The highest BCUT2D eigenvalue weighted by Crippen LogP contribution is 2.33. The van der Waals surface area contributed by atoms with E-state index in [-0.39, 0.29) is 0 Å². The van der Waals surface area contributed by atoms with E-state index < -0.39 is 0 Å². The molecule has 0 bridgehead atoms. The van der Waals surface area contributed by atoms with Gasteiger partial charge < -0.3 is 0 Å². The first-order valence-electron chi connectivity index (χ1n) is 5.68. The van der Waals surface area contributed by atoms with Crippen LogP contribution in [-0.2, 0) is 0 Å². The fourth-order valence-corrected chi connectivity index (χ4v) is 2.85. The van der Waals surface area contributed by atoms with Gasteiger partial charge in [0.1, 0.15) is 0 Å². The van der Waals surface area contributed by atoms with Gasteiger partial charge in [0, 0.05) is 9.50 Å². The van der Waals surface area contributed by atoms with Crippen LogP contribution in [0, 0.1) is 0 Å². The lowest BCUT2D eigenvalue weighted by molar-refractivity contribution is 1.61. The van der Waals surface area contributed by atoms with Crippen LogP contribution in [0.25, 0.3) is 21.9 Å². The summed E-state index contributed by atoms with van der Waals surface area (Å²) in [5, 5.41) is 3.11. The topological polar surface area (TPSA) is 0 Å². The number of benzene rings is 3. The molecular formula is C16H10BrCl. The Morgan fingerprint density at radius 2 is 1.56 bits per heavy atom. The van der Waals surface area contributed by atoms with Crippen LogP contribution >= 0.6 is 27.5 Å². The quantitative estimate of drug-likeness (QED) is 0.522. The van der Waals surface area contributed by atoms with Crippen LogP contribution in [0.3, 0.4) is 0 Å². The molecule has 0 nitrogen and oxygen atoms in total. The molecule has 0 spiro atoms. The van der Waals surface area contributed by atoms with Crippen LogP contribution in [0.15, 0.2) is 65.1 Å². The van der Waals surface area contributed by atoms with Gasteiger partial charge in [-0.25, -0.2) is 0 Å². The lowest BCUT2D eigenvalue weighted by Gasteiger charge is -2.07. The zero-order chi connectivity index (χ0) is 12.5. The van der Waals surface area contributed by atoms with Gasteiger partial charge in [-0.15, -0.1) is 0 Å². The van der Waals surface area contributed by atoms with Gasteiger partial charge in [0.05, 0.1) is 0 Å². The minimum atomic E-state index is 0.766. The number of hydrogen-bond donors (Lipinski definition) is 0. The van der Waals surface area contributed by atoms with E-state index in [1.807, 2.05) is 30.3 Å². The summed E-state index contributed by atoms with van der Waals surface area (Å²) in [6, 6.07) is 20.6. The van der Waals surface area contributed by atoms with Crippen molar-refractivity contribution in [2.75, 3.05) is 0 Å². The minimum absolute atomic E-state index is 0.766. The fraction of sp³-hybridized carbons (Fsp3) is 0. The Kier molecular flexibility index (Phi) is 3.11. The van der Waals surface area contributed by atoms with E-state index in [1.54, 1.807) is 0 Å². The second-order valence-electron chi connectivity index (χ2n) is 4.19. The number of hydrogen-bond acceptors (Lipinski definition) is 0. The Labute approximate surface area is 119 Å². The molecule has 0 heterocycles. The average Bonchev–Trinajstić information content (AvgIpc) is 2.39. The van der Waals surface area contributed by atoms with Gasteiger partial charge in [0.25, 0.3) is 0 Å². The molecule has 88 valence electrons. The second kappa shape index (κ2) is 4.75. The molecule has 0 aliphatic rings. The van der Waals surface area contributed by atoms with Crippen molar-refractivity contribution in [2.24, 2.45) is 0 Å². The van der Waals surface area contributed by atoms with Crippen LogP contribution in [0.4, 0.5) is 0 Å². The van der Waals surface area contributed by atoms with Crippen molar-refractivity contribution < 1.29 is 0 Å². The highest BCUT2D eigenvalue weighted by atomic mass is 79.9. The van der Waals surface area contributed by atoms with Crippen LogP contribution in [-0.4, -0.2) is 0 Å². The van der Waals surface area contributed by atoms with Gasteiger partial charge in [-0.3, -0.25) is 0 Å². The summed E-state index contributed by atoms with van der Waals surface area (Å²) in [6.45, 7) is 0. The van der Waals surface area contributed by atoms with Crippen molar-refractivity contribution in [3.05, 3.63) is 70.2 Å². The lowest BCUT2D eigenvalue weighted by Crippen LogP contribution is -1.81. The summed E-state index contributed by atoms with van der Waals surface area (Å²) in [5.74, 6) is 0. The predicted molar refractivity (Wildman–Crippen MR) is 82.1 cm³/mol. The lowest BCUT2D eigenvalue weighted by atomic mass is 10.0. The summed E-state index contributed by atoms with van der Waals surface area (Å²) in [4.78, 5) is 0. The molecule has 0 aliphatic heterocycles. The number of halogens is 2. The summed E-state index contributed by atoms with van der Waals surface area (Å²) in [7, 11) is 0. The first-order chi connectivity index (χ1) is 8.74. The molecule has 3 aromatic rings. The molecule has 0 aromatic heterocycles. The zero-order valence-electron chi connectivity index (χ0n) is 9.53. The molecule has 0 saturated heterocycles. The summed E-state index contributed by atoms with van der Waals surface area (Å²) in [6.07, 6.45) is 0. The molecule has 0 radical (unpaired) electrons. The molecule has 0 N–H and O–H groups in total. The van der Waals surface area contributed by atoms with Crippen molar-refractivity contribution in [2.45, 2.75) is 0 Å². The number of fused-ring (bicyclic) bond motifs is 1. The summed E-state index contributed by atoms with van der Waals surface area (Å²) >= 11 is 9.65. The summed E-state index contributed by atoms with van der Waals surface area (Å²) in [5.41, 5.74) is 2.41.